The van der Waals surface area contributed by atoms with Gasteiger partial charge in [-0.15, -0.1) is 0 Å². The molecule has 0 unspecified atom stereocenters. The minimum absolute atomic E-state index is 0.00213. The van der Waals surface area contributed by atoms with Crippen molar-refractivity contribution >= 4 is 50.7 Å². The third kappa shape index (κ3) is 3.69. The SMILES string of the molecule is Cc1cc(S(=O)(=O)Nc2ccc(-c3cn4c(n3)SCC4)cc2)c(Cl)cc1Cl. The summed E-state index contributed by atoms with van der Waals surface area (Å²) in [6.45, 7) is 2.69. The number of imidazole rings is 1. The second-order valence-corrected chi connectivity index (χ2v) is 9.69. The zero-order valence-corrected chi connectivity index (χ0v) is 17.4. The highest BCUT2D eigenvalue weighted by atomic mass is 35.5. The van der Waals surface area contributed by atoms with Crippen LogP contribution in [0.1, 0.15) is 5.56 Å². The number of benzene rings is 2. The maximum atomic E-state index is 12.7. The van der Waals surface area contributed by atoms with E-state index >= 15 is 0 Å². The largest absolute Gasteiger partial charge is 0.325 e. The van der Waals surface area contributed by atoms with Crippen LogP contribution in [-0.4, -0.2) is 23.7 Å². The van der Waals surface area contributed by atoms with Crippen molar-refractivity contribution in [3.63, 3.8) is 0 Å². The Bertz CT molecular complexity index is 1100. The van der Waals surface area contributed by atoms with Gasteiger partial charge in [-0.25, -0.2) is 13.4 Å². The van der Waals surface area contributed by atoms with E-state index in [1.807, 2.05) is 18.3 Å². The monoisotopic (exact) mass is 439 g/mol. The first-order valence-electron chi connectivity index (χ1n) is 8.12. The Morgan fingerprint density at radius 3 is 2.59 bits per heavy atom. The van der Waals surface area contributed by atoms with E-state index in [0.29, 0.717) is 16.3 Å². The average Bonchev–Trinajstić information content (AvgIpc) is 3.20. The van der Waals surface area contributed by atoms with Gasteiger partial charge < -0.3 is 4.57 Å². The molecule has 1 aromatic heterocycles. The van der Waals surface area contributed by atoms with Gasteiger partial charge in [-0.3, -0.25) is 4.72 Å². The predicted octanol–water partition coefficient (Wildman–Crippen LogP) is 5.07. The van der Waals surface area contributed by atoms with Crippen LogP contribution in [0, 0.1) is 6.92 Å². The number of nitrogens with zero attached hydrogens (tertiary/aromatic N) is 2. The normalized spacial score (nSPS) is 13.6. The van der Waals surface area contributed by atoms with E-state index in [1.165, 1.54) is 12.1 Å². The summed E-state index contributed by atoms with van der Waals surface area (Å²) < 4.78 is 30.0. The Hall–Kier alpha value is -1.67. The summed E-state index contributed by atoms with van der Waals surface area (Å²) in [5.41, 5.74) is 2.90. The van der Waals surface area contributed by atoms with Crippen molar-refractivity contribution in [1.29, 1.82) is 0 Å². The number of anilines is 1. The molecule has 140 valence electrons. The molecule has 1 aliphatic rings. The predicted molar refractivity (Wildman–Crippen MR) is 110 cm³/mol. The van der Waals surface area contributed by atoms with Crippen LogP contribution in [0.5, 0.6) is 0 Å². The molecule has 0 bridgehead atoms. The number of aromatic nitrogens is 2. The summed E-state index contributed by atoms with van der Waals surface area (Å²) in [6, 6.07) is 10.0. The third-order valence-electron chi connectivity index (χ3n) is 4.24. The molecule has 0 atom stereocenters. The van der Waals surface area contributed by atoms with Crippen LogP contribution in [0.3, 0.4) is 0 Å². The van der Waals surface area contributed by atoms with Gasteiger partial charge >= 0.3 is 0 Å². The Kier molecular flexibility index (Phi) is 4.88. The summed E-state index contributed by atoms with van der Waals surface area (Å²) in [5.74, 6) is 1.05. The lowest BCUT2D eigenvalue weighted by Crippen LogP contribution is -2.13. The van der Waals surface area contributed by atoms with Crippen LogP contribution < -0.4 is 4.72 Å². The van der Waals surface area contributed by atoms with Crippen molar-refractivity contribution < 1.29 is 8.42 Å². The summed E-state index contributed by atoms with van der Waals surface area (Å²) in [6.07, 6.45) is 2.02. The van der Waals surface area contributed by atoms with E-state index in [-0.39, 0.29) is 9.92 Å². The highest BCUT2D eigenvalue weighted by Gasteiger charge is 2.20. The van der Waals surface area contributed by atoms with Crippen LogP contribution in [0.25, 0.3) is 11.3 Å². The molecule has 5 nitrogen and oxygen atoms in total. The van der Waals surface area contributed by atoms with Gasteiger partial charge in [-0.05, 0) is 36.8 Å². The van der Waals surface area contributed by atoms with Crippen molar-refractivity contribution in [3.05, 3.63) is 58.2 Å². The van der Waals surface area contributed by atoms with Gasteiger partial charge in [-0.2, -0.15) is 0 Å². The summed E-state index contributed by atoms with van der Waals surface area (Å²) >= 11 is 13.8. The van der Waals surface area contributed by atoms with Crippen LogP contribution in [0.4, 0.5) is 5.69 Å². The van der Waals surface area contributed by atoms with Gasteiger partial charge in [0.15, 0.2) is 5.16 Å². The van der Waals surface area contributed by atoms with Gasteiger partial charge in [0.1, 0.15) is 4.90 Å². The molecule has 0 fully saturated rings. The summed E-state index contributed by atoms with van der Waals surface area (Å²) in [5, 5.41) is 1.52. The van der Waals surface area contributed by atoms with E-state index in [2.05, 4.69) is 14.3 Å². The van der Waals surface area contributed by atoms with Crippen molar-refractivity contribution in [1.82, 2.24) is 9.55 Å². The molecule has 3 aromatic rings. The molecule has 1 aliphatic heterocycles. The second-order valence-electron chi connectivity index (χ2n) is 6.17. The van der Waals surface area contributed by atoms with E-state index in [4.69, 9.17) is 23.2 Å². The Morgan fingerprint density at radius 1 is 1.15 bits per heavy atom. The highest BCUT2D eigenvalue weighted by molar-refractivity contribution is 7.99. The molecule has 1 N–H and O–H groups in total. The zero-order chi connectivity index (χ0) is 19.2. The maximum Gasteiger partial charge on any atom is 0.263 e. The number of halogens is 2. The number of fused-ring (bicyclic) bond motifs is 1. The molecular weight excluding hydrogens is 425 g/mol. The first-order chi connectivity index (χ1) is 12.8. The second kappa shape index (κ2) is 7.05. The smallest absolute Gasteiger partial charge is 0.263 e. The molecule has 0 spiro atoms. The van der Waals surface area contributed by atoms with Gasteiger partial charge in [-0.1, -0.05) is 47.1 Å². The number of hydrogen-bond acceptors (Lipinski definition) is 4. The van der Waals surface area contributed by atoms with Crippen LogP contribution in [-0.2, 0) is 16.6 Å². The van der Waals surface area contributed by atoms with Gasteiger partial charge in [0.05, 0.1) is 10.7 Å². The number of hydrogen-bond donors (Lipinski definition) is 1. The minimum Gasteiger partial charge on any atom is -0.325 e. The molecule has 2 aromatic carbocycles. The maximum absolute atomic E-state index is 12.7. The third-order valence-corrected chi connectivity index (χ3v) is 7.46. The quantitative estimate of drug-likeness (QED) is 0.615. The molecule has 0 aliphatic carbocycles. The lowest BCUT2D eigenvalue weighted by Gasteiger charge is -2.11. The molecule has 0 amide bonds. The highest BCUT2D eigenvalue weighted by Crippen LogP contribution is 2.31. The molecule has 0 saturated heterocycles. The molecule has 4 rings (SSSR count). The van der Waals surface area contributed by atoms with Crippen molar-refractivity contribution in [2.75, 3.05) is 10.5 Å². The summed E-state index contributed by atoms with van der Waals surface area (Å²) in [4.78, 5) is 4.60. The fraction of sp³-hybridized carbons (Fsp3) is 0.167. The molecule has 0 radical (unpaired) electrons. The number of rotatable bonds is 4. The van der Waals surface area contributed by atoms with E-state index in [1.54, 1.807) is 30.8 Å². The number of aryl methyl sites for hydroxylation is 2. The lowest BCUT2D eigenvalue weighted by molar-refractivity contribution is 0.601. The van der Waals surface area contributed by atoms with E-state index in [0.717, 1.165) is 28.7 Å². The fourth-order valence-corrected chi connectivity index (χ4v) is 5.64. The van der Waals surface area contributed by atoms with Gasteiger partial charge in [0, 0.05) is 34.8 Å². The average molecular weight is 440 g/mol. The van der Waals surface area contributed by atoms with Crippen LogP contribution in [0.15, 0.2) is 52.6 Å². The number of thioether (sulfide) groups is 1. The Balaban J connectivity index is 1.58. The first kappa shape index (κ1) is 18.7. The standard InChI is InChI=1S/C18H15Cl2N3O2S2/c1-11-8-17(15(20)9-14(11)19)27(24,25)22-13-4-2-12(3-5-13)16-10-23-6-7-26-18(23)21-16/h2-5,8-10,22H,6-7H2,1H3. The lowest BCUT2D eigenvalue weighted by atomic mass is 10.1. The fourth-order valence-electron chi connectivity index (χ4n) is 2.80. The Labute approximate surface area is 171 Å². The van der Waals surface area contributed by atoms with Crippen LogP contribution >= 0.6 is 35.0 Å². The van der Waals surface area contributed by atoms with E-state index in [9.17, 15) is 8.42 Å². The van der Waals surface area contributed by atoms with Gasteiger partial charge in [0.25, 0.3) is 10.0 Å². The zero-order valence-electron chi connectivity index (χ0n) is 14.2. The Morgan fingerprint density at radius 2 is 1.89 bits per heavy atom. The molecular formula is C18H15Cl2N3O2S2. The van der Waals surface area contributed by atoms with Crippen molar-refractivity contribution in [2.45, 2.75) is 23.5 Å². The van der Waals surface area contributed by atoms with Crippen molar-refractivity contribution in [3.8, 4) is 11.3 Å². The number of sulfonamides is 1. The van der Waals surface area contributed by atoms with Crippen LogP contribution in [0.2, 0.25) is 10.0 Å². The number of nitrogens with one attached hydrogen (secondary N) is 1. The molecule has 9 heteroatoms. The van der Waals surface area contributed by atoms with Crippen molar-refractivity contribution in [2.24, 2.45) is 0 Å². The molecule has 2 heterocycles. The first-order valence-corrected chi connectivity index (χ1v) is 11.3. The summed E-state index contributed by atoms with van der Waals surface area (Å²) in [7, 11) is -3.82. The topological polar surface area (TPSA) is 64.0 Å². The minimum atomic E-state index is -3.82. The molecule has 27 heavy (non-hydrogen) atoms. The molecule has 0 saturated carbocycles. The van der Waals surface area contributed by atoms with E-state index < -0.39 is 10.0 Å². The van der Waals surface area contributed by atoms with Gasteiger partial charge in [0.2, 0.25) is 0 Å².